The van der Waals surface area contributed by atoms with E-state index in [4.69, 9.17) is 0 Å². The molecule has 0 saturated carbocycles. The normalized spacial score (nSPS) is 13.1. The first-order valence-electron chi connectivity index (χ1n) is 9.90. The standard InChI is InChI=1S/C21H28N4O2/c1-3-13-24(14-4-2)21(27)18-17-12-8-9-15-25(17)19(23-18)20(26)22-16-10-6-5-7-11-16/h5-7,10-11H,3-4,8-9,12-15H2,1-2H3,(H,22,26). The number of imidazole rings is 1. The first kappa shape index (κ1) is 19.1. The highest BCUT2D eigenvalue weighted by Crippen LogP contribution is 2.23. The van der Waals surface area contributed by atoms with Gasteiger partial charge >= 0.3 is 0 Å². The van der Waals surface area contributed by atoms with Crippen LogP contribution in [-0.2, 0) is 13.0 Å². The lowest BCUT2D eigenvalue weighted by molar-refractivity contribution is 0.0748. The largest absolute Gasteiger partial charge is 0.337 e. The van der Waals surface area contributed by atoms with E-state index in [0.717, 1.165) is 50.0 Å². The van der Waals surface area contributed by atoms with Gasteiger partial charge < -0.3 is 14.8 Å². The van der Waals surface area contributed by atoms with Gasteiger partial charge in [-0.2, -0.15) is 0 Å². The number of anilines is 1. The molecule has 0 aliphatic carbocycles. The molecule has 0 radical (unpaired) electrons. The number of fused-ring (bicyclic) bond motifs is 1. The summed E-state index contributed by atoms with van der Waals surface area (Å²) in [5, 5.41) is 2.89. The van der Waals surface area contributed by atoms with Gasteiger partial charge in [-0.25, -0.2) is 4.98 Å². The molecule has 1 aliphatic rings. The molecule has 144 valence electrons. The summed E-state index contributed by atoms with van der Waals surface area (Å²) in [4.78, 5) is 32.3. The van der Waals surface area contributed by atoms with Crippen molar-refractivity contribution in [1.29, 1.82) is 0 Å². The maximum Gasteiger partial charge on any atom is 0.291 e. The number of hydrogen-bond acceptors (Lipinski definition) is 3. The second-order valence-electron chi connectivity index (χ2n) is 6.95. The third-order valence-corrected chi connectivity index (χ3v) is 4.83. The first-order valence-corrected chi connectivity index (χ1v) is 9.90. The average Bonchev–Trinajstić information content (AvgIpc) is 3.08. The molecule has 0 spiro atoms. The predicted octanol–water partition coefficient (Wildman–Crippen LogP) is 3.73. The van der Waals surface area contributed by atoms with Crippen LogP contribution in [0.2, 0.25) is 0 Å². The highest BCUT2D eigenvalue weighted by molar-refractivity contribution is 6.03. The second-order valence-corrected chi connectivity index (χ2v) is 6.95. The quantitative estimate of drug-likeness (QED) is 0.810. The Kier molecular flexibility index (Phi) is 6.27. The molecule has 2 amide bonds. The predicted molar refractivity (Wildman–Crippen MR) is 106 cm³/mol. The fraction of sp³-hybridized carbons (Fsp3) is 0.476. The van der Waals surface area contributed by atoms with Crippen LogP contribution in [0.3, 0.4) is 0 Å². The van der Waals surface area contributed by atoms with Crippen molar-refractivity contribution in [1.82, 2.24) is 14.5 Å². The fourth-order valence-electron chi connectivity index (χ4n) is 3.60. The summed E-state index contributed by atoms with van der Waals surface area (Å²) in [7, 11) is 0. The first-order chi connectivity index (χ1) is 13.2. The molecular weight excluding hydrogens is 340 g/mol. The molecule has 1 aromatic carbocycles. The van der Waals surface area contributed by atoms with Crippen LogP contribution in [-0.4, -0.2) is 39.4 Å². The highest BCUT2D eigenvalue weighted by atomic mass is 16.2. The molecule has 0 unspecified atom stereocenters. The van der Waals surface area contributed by atoms with E-state index in [1.54, 1.807) is 0 Å². The Labute approximate surface area is 160 Å². The Hall–Kier alpha value is -2.63. The van der Waals surface area contributed by atoms with Gasteiger partial charge in [0.15, 0.2) is 5.82 Å². The van der Waals surface area contributed by atoms with E-state index in [9.17, 15) is 9.59 Å². The van der Waals surface area contributed by atoms with Crippen molar-refractivity contribution in [2.45, 2.75) is 52.5 Å². The van der Waals surface area contributed by atoms with Crippen molar-refractivity contribution in [2.75, 3.05) is 18.4 Å². The monoisotopic (exact) mass is 368 g/mol. The number of aromatic nitrogens is 2. The van der Waals surface area contributed by atoms with E-state index < -0.39 is 0 Å². The van der Waals surface area contributed by atoms with Crippen molar-refractivity contribution in [3.63, 3.8) is 0 Å². The van der Waals surface area contributed by atoms with Gasteiger partial charge in [0.1, 0.15) is 5.69 Å². The summed E-state index contributed by atoms with van der Waals surface area (Å²) in [6.07, 6.45) is 4.62. The Bertz CT molecular complexity index is 792. The van der Waals surface area contributed by atoms with Gasteiger partial charge in [-0.15, -0.1) is 0 Å². The van der Waals surface area contributed by atoms with Crippen LogP contribution in [0, 0.1) is 0 Å². The van der Waals surface area contributed by atoms with Gasteiger partial charge in [-0.3, -0.25) is 9.59 Å². The SMILES string of the molecule is CCCN(CCC)C(=O)c1nc(C(=O)Nc2ccccc2)n2c1CCCC2. The van der Waals surface area contributed by atoms with Gasteiger partial charge in [0.2, 0.25) is 0 Å². The van der Waals surface area contributed by atoms with Crippen molar-refractivity contribution < 1.29 is 9.59 Å². The lowest BCUT2D eigenvalue weighted by Crippen LogP contribution is -2.33. The van der Waals surface area contributed by atoms with Crippen LogP contribution in [0.15, 0.2) is 30.3 Å². The van der Waals surface area contributed by atoms with Crippen LogP contribution in [0.4, 0.5) is 5.69 Å². The van der Waals surface area contributed by atoms with Crippen molar-refractivity contribution in [3.05, 3.63) is 47.5 Å². The minimum absolute atomic E-state index is 0.0527. The summed E-state index contributed by atoms with van der Waals surface area (Å²) in [6.45, 7) is 6.29. The smallest absolute Gasteiger partial charge is 0.291 e. The Morgan fingerprint density at radius 3 is 2.48 bits per heavy atom. The fourth-order valence-corrected chi connectivity index (χ4v) is 3.60. The topological polar surface area (TPSA) is 67.2 Å². The number of rotatable bonds is 7. The molecule has 0 bridgehead atoms. The molecular formula is C21H28N4O2. The molecule has 27 heavy (non-hydrogen) atoms. The van der Waals surface area contributed by atoms with E-state index in [2.05, 4.69) is 24.1 Å². The summed E-state index contributed by atoms with van der Waals surface area (Å²) in [6, 6.07) is 9.33. The lowest BCUT2D eigenvalue weighted by atomic mass is 10.1. The number of hydrogen-bond donors (Lipinski definition) is 1. The molecule has 6 heteroatoms. The number of para-hydroxylation sites is 1. The second kappa shape index (κ2) is 8.84. The summed E-state index contributed by atoms with van der Waals surface area (Å²) in [5.74, 6) is 0.0221. The number of nitrogens with zero attached hydrogens (tertiary/aromatic N) is 3. The van der Waals surface area contributed by atoms with Gasteiger partial charge in [0.05, 0.1) is 5.69 Å². The molecule has 1 N–H and O–H groups in total. The van der Waals surface area contributed by atoms with Gasteiger partial charge in [0.25, 0.3) is 11.8 Å². The minimum Gasteiger partial charge on any atom is -0.337 e. The maximum absolute atomic E-state index is 13.1. The van der Waals surface area contributed by atoms with Gasteiger partial charge in [0, 0.05) is 25.3 Å². The Morgan fingerprint density at radius 2 is 1.81 bits per heavy atom. The van der Waals surface area contributed by atoms with Crippen LogP contribution >= 0.6 is 0 Å². The van der Waals surface area contributed by atoms with Crippen LogP contribution in [0.25, 0.3) is 0 Å². The molecule has 2 heterocycles. The number of benzene rings is 1. The molecule has 1 aromatic heterocycles. The molecule has 6 nitrogen and oxygen atoms in total. The molecule has 0 fully saturated rings. The van der Waals surface area contributed by atoms with E-state index in [0.29, 0.717) is 24.6 Å². The number of amides is 2. The zero-order valence-electron chi connectivity index (χ0n) is 16.2. The zero-order valence-corrected chi connectivity index (χ0v) is 16.2. The minimum atomic E-state index is -0.263. The number of nitrogens with one attached hydrogen (secondary N) is 1. The lowest BCUT2D eigenvalue weighted by Gasteiger charge is -2.22. The zero-order chi connectivity index (χ0) is 19.2. The van der Waals surface area contributed by atoms with E-state index in [-0.39, 0.29) is 11.8 Å². The van der Waals surface area contributed by atoms with Crippen LogP contribution < -0.4 is 5.32 Å². The third kappa shape index (κ3) is 4.21. The third-order valence-electron chi connectivity index (χ3n) is 4.83. The highest BCUT2D eigenvalue weighted by Gasteiger charge is 2.29. The molecule has 2 aromatic rings. The molecule has 3 rings (SSSR count). The van der Waals surface area contributed by atoms with Crippen molar-refractivity contribution in [3.8, 4) is 0 Å². The average molecular weight is 368 g/mol. The number of carbonyl (C=O) groups is 2. The van der Waals surface area contributed by atoms with Crippen LogP contribution in [0.1, 0.15) is 66.3 Å². The van der Waals surface area contributed by atoms with E-state index in [1.165, 1.54) is 0 Å². The van der Waals surface area contributed by atoms with Gasteiger partial charge in [-0.05, 0) is 44.2 Å². The summed E-state index contributed by atoms with van der Waals surface area (Å²) < 4.78 is 1.94. The Balaban J connectivity index is 1.92. The Morgan fingerprint density at radius 1 is 1.11 bits per heavy atom. The van der Waals surface area contributed by atoms with E-state index in [1.807, 2.05) is 39.8 Å². The van der Waals surface area contributed by atoms with Gasteiger partial charge in [-0.1, -0.05) is 32.0 Å². The summed E-state index contributed by atoms with van der Waals surface area (Å²) >= 11 is 0. The molecule has 1 aliphatic heterocycles. The van der Waals surface area contributed by atoms with Crippen LogP contribution in [0.5, 0.6) is 0 Å². The maximum atomic E-state index is 13.1. The molecule has 0 atom stereocenters. The summed E-state index contributed by atoms with van der Waals surface area (Å²) in [5.41, 5.74) is 2.08. The van der Waals surface area contributed by atoms with E-state index >= 15 is 0 Å². The van der Waals surface area contributed by atoms with Crippen molar-refractivity contribution >= 4 is 17.5 Å². The molecule has 0 saturated heterocycles. The number of carbonyl (C=O) groups excluding carboxylic acids is 2. The van der Waals surface area contributed by atoms with Crippen molar-refractivity contribution in [2.24, 2.45) is 0 Å².